The van der Waals surface area contributed by atoms with E-state index in [4.69, 9.17) is 4.74 Å². The van der Waals surface area contributed by atoms with Gasteiger partial charge in [-0.1, -0.05) is 97.1 Å². The van der Waals surface area contributed by atoms with Crippen LogP contribution in [0.4, 0.5) is 13.2 Å². The summed E-state index contributed by atoms with van der Waals surface area (Å²) in [6.45, 7) is 0. The van der Waals surface area contributed by atoms with Gasteiger partial charge in [-0.2, -0.15) is 13.2 Å². The second-order valence-electron chi connectivity index (χ2n) is 7.18. The molecule has 1 heterocycles. The highest BCUT2D eigenvalue weighted by Gasteiger charge is 2.50. The first-order valence-electron chi connectivity index (χ1n) is 9.81. The first-order chi connectivity index (χ1) is 14.9. The van der Waals surface area contributed by atoms with Gasteiger partial charge in [-0.25, -0.2) is 0 Å². The van der Waals surface area contributed by atoms with Crippen LogP contribution in [-0.4, -0.2) is 18.1 Å². The zero-order chi connectivity index (χ0) is 21.8. The Morgan fingerprint density at radius 2 is 1.35 bits per heavy atom. The fourth-order valence-corrected chi connectivity index (χ4v) is 3.72. The Bertz CT molecular complexity index is 1100. The molecule has 0 amide bonds. The Morgan fingerprint density at radius 3 is 1.94 bits per heavy atom. The molecule has 0 aliphatic carbocycles. The van der Waals surface area contributed by atoms with Crippen molar-refractivity contribution in [3.8, 4) is 0 Å². The molecule has 3 aromatic carbocycles. The zero-order valence-electron chi connectivity index (χ0n) is 16.4. The second kappa shape index (κ2) is 8.64. The fourth-order valence-electron chi connectivity index (χ4n) is 3.72. The molecule has 0 saturated carbocycles. The largest absolute Gasteiger partial charge is 0.484 e. The molecule has 31 heavy (non-hydrogen) atoms. The standard InChI is InChI=1S/C26H19F3O2/c27-26(28,29)25(30)23-22(19-12-6-2-7-13-19)21(17-16-18-10-4-1-5-11-18)31-24(23)20-14-8-3-9-15-20/h1-17,21-22H/b17-16+/t21-,22-/m0/s1. The van der Waals surface area contributed by atoms with Crippen LogP contribution in [0.5, 0.6) is 0 Å². The molecular weight excluding hydrogens is 401 g/mol. The molecule has 1 aliphatic rings. The van der Waals surface area contributed by atoms with Crippen LogP contribution in [-0.2, 0) is 9.53 Å². The number of carbonyl (C=O) groups excluding carboxylic acids is 1. The van der Waals surface area contributed by atoms with Gasteiger partial charge in [0.2, 0.25) is 0 Å². The van der Waals surface area contributed by atoms with Crippen LogP contribution in [0, 0.1) is 0 Å². The third kappa shape index (κ3) is 4.45. The molecule has 0 N–H and O–H groups in total. The minimum absolute atomic E-state index is 0.0283. The zero-order valence-corrected chi connectivity index (χ0v) is 16.4. The number of carbonyl (C=O) groups is 1. The summed E-state index contributed by atoms with van der Waals surface area (Å²) in [6.07, 6.45) is -2.26. The number of rotatable bonds is 5. The molecule has 4 rings (SSSR count). The van der Waals surface area contributed by atoms with Gasteiger partial charge < -0.3 is 4.74 Å². The minimum Gasteiger partial charge on any atom is -0.484 e. The summed E-state index contributed by atoms with van der Waals surface area (Å²) in [7, 11) is 0. The van der Waals surface area contributed by atoms with Crippen LogP contribution in [0.1, 0.15) is 22.6 Å². The molecule has 0 spiro atoms. The Labute approximate surface area is 178 Å². The maximum Gasteiger partial charge on any atom is 0.454 e. The quantitative estimate of drug-likeness (QED) is 0.476. The Kier molecular flexibility index (Phi) is 5.76. The monoisotopic (exact) mass is 420 g/mol. The predicted molar refractivity (Wildman–Crippen MR) is 114 cm³/mol. The van der Waals surface area contributed by atoms with Crippen LogP contribution in [0.15, 0.2) is 103 Å². The van der Waals surface area contributed by atoms with Crippen molar-refractivity contribution in [2.45, 2.75) is 18.2 Å². The average Bonchev–Trinajstić information content (AvgIpc) is 3.17. The van der Waals surface area contributed by atoms with Gasteiger partial charge in [0.25, 0.3) is 5.78 Å². The molecule has 3 aromatic rings. The van der Waals surface area contributed by atoms with E-state index < -0.39 is 24.0 Å². The van der Waals surface area contributed by atoms with Crippen molar-refractivity contribution in [1.29, 1.82) is 0 Å². The molecule has 2 nitrogen and oxygen atoms in total. The van der Waals surface area contributed by atoms with Crippen molar-refractivity contribution in [2.24, 2.45) is 0 Å². The average molecular weight is 420 g/mol. The molecule has 0 unspecified atom stereocenters. The Hall–Kier alpha value is -3.60. The molecule has 0 radical (unpaired) electrons. The number of ether oxygens (including phenoxy) is 1. The lowest BCUT2D eigenvalue weighted by Crippen LogP contribution is -2.28. The lowest BCUT2D eigenvalue weighted by Gasteiger charge is -2.19. The van der Waals surface area contributed by atoms with E-state index in [2.05, 4.69) is 0 Å². The third-order valence-electron chi connectivity index (χ3n) is 5.11. The number of halogens is 3. The van der Waals surface area contributed by atoms with Crippen molar-refractivity contribution in [3.05, 3.63) is 119 Å². The number of ketones is 1. The number of hydrogen-bond acceptors (Lipinski definition) is 2. The fraction of sp³-hybridized carbons (Fsp3) is 0.115. The van der Waals surface area contributed by atoms with Gasteiger partial charge in [-0.3, -0.25) is 4.79 Å². The first-order valence-corrected chi connectivity index (χ1v) is 9.81. The van der Waals surface area contributed by atoms with Crippen LogP contribution < -0.4 is 0 Å². The number of hydrogen-bond donors (Lipinski definition) is 0. The molecule has 1 aliphatic heterocycles. The predicted octanol–water partition coefficient (Wildman–Crippen LogP) is 6.43. The van der Waals surface area contributed by atoms with Crippen molar-refractivity contribution < 1.29 is 22.7 Å². The summed E-state index contributed by atoms with van der Waals surface area (Å²) >= 11 is 0. The Balaban J connectivity index is 1.85. The highest BCUT2D eigenvalue weighted by Crippen LogP contribution is 2.46. The molecule has 2 atom stereocenters. The highest BCUT2D eigenvalue weighted by molar-refractivity contribution is 6.07. The van der Waals surface area contributed by atoms with Gasteiger partial charge >= 0.3 is 6.18 Å². The van der Waals surface area contributed by atoms with E-state index in [1.54, 1.807) is 72.8 Å². The smallest absolute Gasteiger partial charge is 0.454 e. The van der Waals surface area contributed by atoms with Gasteiger partial charge in [0.05, 0.1) is 11.5 Å². The van der Waals surface area contributed by atoms with Crippen LogP contribution in [0.2, 0.25) is 0 Å². The van der Waals surface area contributed by atoms with E-state index in [1.165, 1.54) is 0 Å². The van der Waals surface area contributed by atoms with E-state index in [9.17, 15) is 18.0 Å². The van der Waals surface area contributed by atoms with Crippen molar-refractivity contribution in [1.82, 2.24) is 0 Å². The second-order valence-corrected chi connectivity index (χ2v) is 7.18. The molecule has 156 valence electrons. The van der Waals surface area contributed by atoms with Gasteiger partial charge in [-0.05, 0) is 17.2 Å². The molecule has 0 fully saturated rings. The number of benzene rings is 3. The van der Waals surface area contributed by atoms with Crippen molar-refractivity contribution in [3.63, 3.8) is 0 Å². The number of Topliss-reactive ketones (excluding diaryl/α,β-unsaturated/α-hetero) is 1. The lowest BCUT2D eigenvalue weighted by molar-refractivity contribution is -0.166. The van der Waals surface area contributed by atoms with E-state index in [1.807, 2.05) is 30.3 Å². The third-order valence-corrected chi connectivity index (χ3v) is 5.11. The summed E-state index contributed by atoms with van der Waals surface area (Å²) in [5.74, 6) is -2.79. The van der Waals surface area contributed by atoms with E-state index in [0.717, 1.165) is 5.56 Å². The summed E-state index contributed by atoms with van der Waals surface area (Å²) in [4.78, 5) is 12.6. The molecule has 0 aromatic heterocycles. The van der Waals surface area contributed by atoms with Crippen molar-refractivity contribution >= 4 is 17.6 Å². The summed E-state index contributed by atoms with van der Waals surface area (Å²) in [5, 5.41) is 0. The van der Waals surface area contributed by atoms with Gasteiger partial charge in [0.1, 0.15) is 11.9 Å². The van der Waals surface area contributed by atoms with Crippen LogP contribution >= 0.6 is 0 Å². The molecule has 5 heteroatoms. The lowest BCUT2D eigenvalue weighted by atomic mass is 9.84. The van der Waals surface area contributed by atoms with Crippen LogP contribution in [0.25, 0.3) is 11.8 Å². The first kappa shape index (κ1) is 20.7. The minimum atomic E-state index is -5.01. The van der Waals surface area contributed by atoms with E-state index in [0.29, 0.717) is 11.1 Å². The maximum atomic E-state index is 13.6. The van der Waals surface area contributed by atoms with E-state index in [-0.39, 0.29) is 11.3 Å². The number of alkyl halides is 3. The summed E-state index contributed by atoms with van der Waals surface area (Å²) in [5.41, 5.74) is 1.54. The normalized spacial score (nSPS) is 18.9. The topological polar surface area (TPSA) is 26.3 Å². The van der Waals surface area contributed by atoms with Gasteiger partial charge in [0, 0.05) is 5.56 Å². The van der Waals surface area contributed by atoms with Gasteiger partial charge in [0.15, 0.2) is 0 Å². The van der Waals surface area contributed by atoms with Crippen molar-refractivity contribution in [2.75, 3.05) is 0 Å². The van der Waals surface area contributed by atoms with Crippen LogP contribution in [0.3, 0.4) is 0 Å². The van der Waals surface area contributed by atoms with E-state index >= 15 is 0 Å². The highest BCUT2D eigenvalue weighted by atomic mass is 19.4. The Morgan fingerprint density at radius 1 is 0.806 bits per heavy atom. The molecule has 0 bridgehead atoms. The summed E-state index contributed by atoms with van der Waals surface area (Å²) in [6, 6.07) is 26.5. The SMILES string of the molecule is O=C(C1=C(c2ccccc2)O[C@@H](/C=C/c2ccccc2)[C@@H]1c1ccccc1)C(F)(F)F. The maximum absolute atomic E-state index is 13.6. The summed E-state index contributed by atoms with van der Waals surface area (Å²) < 4.78 is 46.8. The molecule has 0 saturated heterocycles. The van der Waals surface area contributed by atoms with Gasteiger partial charge in [-0.15, -0.1) is 0 Å². The molecular formula is C26H19F3O2.